The van der Waals surface area contributed by atoms with E-state index in [1.165, 1.54) is 0 Å². The molecule has 0 radical (unpaired) electrons. The number of allylic oxidation sites excluding steroid dienone is 2. The van der Waals surface area contributed by atoms with Crippen molar-refractivity contribution >= 4 is 19.9 Å². The van der Waals surface area contributed by atoms with Gasteiger partial charge in [-0.3, -0.25) is 9.59 Å². The summed E-state index contributed by atoms with van der Waals surface area (Å²) in [6.07, 6.45) is 5.66. The zero-order valence-corrected chi connectivity index (χ0v) is 20.5. The van der Waals surface area contributed by atoms with Crippen molar-refractivity contribution in [1.29, 1.82) is 0 Å². The zero-order chi connectivity index (χ0) is 22.0. The highest BCUT2D eigenvalue weighted by Crippen LogP contribution is 2.47. The van der Waals surface area contributed by atoms with Crippen LogP contribution in [-0.4, -0.2) is 46.5 Å². The lowest BCUT2D eigenvalue weighted by Gasteiger charge is -2.45. The Labute approximate surface area is 177 Å². The van der Waals surface area contributed by atoms with Crippen molar-refractivity contribution in [2.75, 3.05) is 20.5 Å². The maximum atomic E-state index is 13.5. The number of Topliss-reactive ketones (excluding diaryl/α,β-unsaturated/α-hetero) is 2. The van der Waals surface area contributed by atoms with Crippen LogP contribution in [0, 0.1) is 29.6 Å². The predicted molar refractivity (Wildman–Crippen MR) is 117 cm³/mol. The fraction of sp³-hybridized carbons (Fsp3) is 0.826. The van der Waals surface area contributed by atoms with Crippen molar-refractivity contribution in [3.05, 3.63) is 12.2 Å². The van der Waals surface area contributed by atoms with E-state index >= 15 is 0 Å². The first kappa shape index (κ1) is 24.4. The Morgan fingerprint density at radius 3 is 2.07 bits per heavy atom. The van der Waals surface area contributed by atoms with Crippen LogP contribution in [0.3, 0.4) is 0 Å². The second-order valence-electron chi connectivity index (χ2n) is 10.5. The molecule has 5 nitrogen and oxygen atoms in total. The third-order valence-electron chi connectivity index (χ3n) is 7.08. The van der Waals surface area contributed by atoms with E-state index < -0.39 is 14.4 Å². The fourth-order valence-corrected chi connectivity index (χ4v) is 5.26. The average molecular weight is 425 g/mol. The Morgan fingerprint density at radius 1 is 1.07 bits per heavy atom. The normalized spacial score (nSPS) is 28.0. The molecule has 0 spiro atoms. The van der Waals surface area contributed by atoms with Crippen molar-refractivity contribution in [2.45, 2.75) is 71.7 Å². The van der Waals surface area contributed by atoms with E-state index in [9.17, 15) is 9.59 Å². The van der Waals surface area contributed by atoms with Gasteiger partial charge in [0.05, 0.1) is 6.61 Å². The first-order valence-corrected chi connectivity index (χ1v) is 13.8. The van der Waals surface area contributed by atoms with Gasteiger partial charge in [0.15, 0.2) is 19.9 Å². The lowest BCUT2D eigenvalue weighted by Crippen LogP contribution is -2.51. The maximum absolute atomic E-state index is 13.5. The third-order valence-corrected chi connectivity index (χ3v) is 11.6. The molecule has 3 aliphatic rings. The topological polar surface area (TPSA) is 61.8 Å². The highest BCUT2D eigenvalue weighted by atomic mass is 28.4. The van der Waals surface area contributed by atoms with Gasteiger partial charge in [0.1, 0.15) is 12.9 Å². The van der Waals surface area contributed by atoms with Crippen LogP contribution in [0.1, 0.15) is 47.5 Å². The molecule has 0 aromatic rings. The molecule has 166 valence electrons. The number of ether oxygens (including phenoxy) is 2. The van der Waals surface area contributed by atoms with Crippen LogP contribution in [0.25, 0.3) is 0 Å². The highest BCUT2D eigenvalue weighted by molar-refractivity contribution is 6.74. The molecule has 2 bridgehead atoms. The molecule has 3 rings (SSSR count). The predicted octanol–water partition coefficient (Wildman–Crippen LogP) is 4.62. The van der Waals surface area contributed by atoms with Crippen LogP contribution in [0.5, 0.6) is 0 Å². The molecule has 0 unspecified atom stereocenters. The summed E-state index contributed by atoms with van der Waals surface area (Å²) in [5, 5.41) is 0.0463. The molecule has 0 aliphatic heterocycles. The SMILES string of the molecule is COCO[C@@H](C(=O)[C@H]1[C@H](C(=O)CO[Si](C)(C)C(C)(C)C)[C@H]2C=C[C@@H]1CC2)C(C)C. The van der Waals surface area contributed by atoms with Gasteiger partial charge >= 0.3 is 0 Å². The first-order valence-electron chi connectivity index (χ1n) is 10.9. The van der Waals surface area contributed by atoms with Gasteiger partial charge in [0.25, 0.3) is 0 Å². The molecule has 0 heterocycles. The summed E-state index contributed by atoms with van der Waals surface area (Å²) in [4.78, 5) is 26.8. The Hall–Kier alpha value is -0.823. The quantitative estimate of drug-likeness (QED) is 0.291. The molecule has 3 aliphatic carbocycles. The number of hydrogen-bond acceptors (Lipinski definition) is 5. The minimum Gasteiger partial charge on any atom is -0.410 e. The van der Waals surface area contributed by atoms with Gasteiger partial charge in [-0.1, -0.05) is 46.8 Å². The van der Waals surface area contributed by atoms with Crippen molar-refractivity contribution in [3.8, 4) is 0 Å². The number of carbonyl (C=O) groups is 2. The van der Waals surface area contributed by atoms with Crippen molar-refractivity contribution in [1.82, 2.24) is 0 Å². The molecule has 0 aromatic carbocycles. The minimum absolute atomic E-state index is 0.0290. The molecule has 6 heteroatoms. The monoisotopic (exact) mass is 424 g/mol. The summed E-state index contributed by atoms with van der Waals surface area (Å²) >= 11 is 0. The Bertz CT molecular complexity index is 619. The molecular weight excluding hydrogens is 384 g/mol. The molecule has 0 amide bonds. The first-order chi connectivity index (χ1) is 13.4. The smallest absolute Gasteiger partial charge is 0.192 e. The molecule has 29 heavy (non-hydrogen) atoms. The number of fused-ring (bicyclic) bond motifs is 2. The number of carbonyl (C=O) groups excluding carboxylic acids is 2. The Morgan fingerprint density at radius 2 is 1.62 bits per heavy atom. The van der Waals surface area contributed by atoms with Crippen molar-refractivity contribution < 1.29 is 23.5 Å². The van der Waals surface area contributed by atoms with Crippen molar-refractivity contribution in [2.24, 2.45) is 29.6 Å². The molecular formula is C23H40O5Si. The summed E-state index contributed by atoms with van der Waals surface area (Å²) in [7, 11) is -0.470. The number of methoxy groups -OCH3 is 1. The number of rotatable bonds is 10. The van der Waals surface area contributed by atoms with Gasteiger partial charge in [-0.2, -0.15) is 0 Å². The van der Waals surface area contributed by atoms with E-state index in [-0.39, 0.29) is 59.6 Å². The molecule has 0 saturated heterocycles. The molecule has 1 fully saturated rings. The Balaban J connectivity index is 2.21. The van der Waals surface area contributed by atoms with Crippen LogP contribution in [0.2, 0.25) is 18.1 Å². The van der Waals surface area contributed by atoms with E-state index in [0.29, 0.717) is 0 Å². The highest BCUT2D eigenvalue weighted by Gasteiger charge is 2.50. The second-order valence-corrected chi connectivity index (χ2v) is 15.3. The maximum Gasteiger partial charge on any atom is 0.192 e. The van der Waals surface area contributed by atoms with E-state index in [2.05, 4.69) is 46.0 Å². The molecule has 0 aromatic heterocycles. The average Bonchev–Trinajstić information content (AvgIpc) is 2.65. The van der Waals surface area contributed by atoms with E-state index in [1.54, 1.807) is 7.11 Å². The summed E-state index contributed by atoms with van der Waals surface area (Å²) in [5.41, 5.74) is 0. The van der Waals surface area contributed by atoms with E-state index in [1.807, 2.05) is 13.8 Å². The van der Waals surface area contributed by atoms with Crippen LogP contribution in [0.4, 0.5) is 0 Å². The Kier molecular flexibility index (Phi) is 8.04. The lowest BCUT2D eigenvalue weighted by molar-refractivity contribution is -0.156. The van der Waals surface area contributed by atoms with Gasteiger partial charge < -0.3 is 13.9 Å². The third kappa shape index (κ3) is 5.46. The molecule has 5 atom stereocenters. The van der Waals surface area contributed by atoms with E-state index in [0.717, 1.165) is 12.8 Å². The summed E-state index contributed by atoms with van der Waals surface area (Å²) in [6, 6.07) is 0. The van der Waals surface area contributed by atoms with Gasteiger partial charge in [-0.15, -0.1) is 0 Å². The number of ketones is 2. The van der Waals surface area contributed by atoms with E-state index in [4.69, 9.17) is 13.9 Å². The largest absolute Gasteiger partial charge is 0.410 e. The minimum atomic E-state index is -2.02. The summed E-state index contributed by atoms with van der Waals surface area (Å²) in [6.45, 7) is 15.0. The lowest BCUT2D eigenvalue weighted by atomic mass is 9.59. The van der Waals surface area contributed by atoms with Gasteiger partial charge in [0.2, 0.25) is 0 Å². The van der Waals surface area contributed by atoms with Crippen LogP contribution >= 0.6 is 0 Å². The van der Waals surface area contributed by atoms with Gasteiger partial charge in [0, 0.05) is 18.9 Å². The van der Waals surface area contributed by atoms with Crippen LogP contribution < -0.4 is 0 Å². The summed E-state index contributed by atoms with van der Waals surface area (Å²) in [5.74, 6) is -0.243. The molecule has 1 saturated carbocycles. The standard InChI is InChI=1S/C23H40O5Si/c1-15(2)22(27-14-26-6)21(25)20-17-11-9-16(10-12-17)19(20)18(24)13-28-29(7,8)23(3,4)5/h9,11,15-17,19-20,22H,10,12-14H2,1-8H3/t16-,17+,19-,20+,22+/m0/s1. The number of hydrogen-bond donors (Lipinski definition) is 0. The van der Waals surface area contributed by atoms with Crippen LogP contribution in [0.15, 0.2) is 12.2 Å². The van der Waals surface area contributed by atoms with Crippen molar-refractivity contribution in [3.63, 3.8) is 0 Å². The zero-order valence-electron chi connectivity index (χ0n) is 19.5. The summed E-state index contributed by atoms with van der Waals surface area (Å²) < 4.78 is 17.0. The molecule has 0 N–H and O–H groups in total. The van der Waals surface area contributed by atoms with Crippen LogP contribution in [-0.2, 0) is 23.5 Å². The second kappa shape index (κ2) is 9.54. The van der Waals surface area contributed by atoms with Gasteiger partial charge in [-0.25, -0.2) is 0 Å². The van der Waals surface area contributed by atoms with Gasteiger partial charge in [-0.05, 0) is 48.7 Å². The fourth-order valence-electron chi connectivity index (χ4n) is 4.32.